The molecule has 8 nitrogen and oxygen atoms in total. The molecule has 1 atom stereocenters. The molecule has 2 heterocycles. The summed E-state index contributed by atoms with van der Waals surface area (Å²) in [7, 11) is 0. The number of furan rings is 1. The Bertz CT molecular complexity index is 797. The largest absolute Gasteiger partial charge is 0.466 e. The van der Waals surface area contributed by atoms with Gasteiger partial charge in [-0.05, 0) is 51.5 Å². The fourth-order valence-corrected chi connectivity index (χ4v) is 4.41. The van der Waals surface area contributed by atoms with Crippen LogP contribution in [0.5, 0.6) is 0 Å². The fraction of sp³-hybridized carbons (Fsp3) is 0.667. The van der Waals surface area contributed by atoms with Crippen LogP contribution in [0.3, 0.4) is 0 Å². The van der Waals surface area contributed by atoms with E-state index in [1.54, 1.807) is 37.1 Å². The number of aromatic nitrogens is 3. The molecule has 2 aromatic heterocycles. The Hall–Kier alpha value is -2.00. The zero-order valence-corrected chi connectivity index (χ0v) is 19.0. The number of guanidine groups is 1. The SMILES string of the molecule is CCNC(=NCC(C)(O)c1ccco1)NCCCc1nnc(SC)n1C1CCCC1. The quantitative estimate of drug-likeness (QED) is 0.229. The number of nitrogens with zero attached hydrogens (tertiary/aromatic N) is 4. The summed E-state index contributed by atoms with van der Waals surface area (Å²) in [5.74, 6) is 2.28. The molecule has 1 unspecified atom stereocenters. The molecule has 9 heteroatoms. The molecule has 1 aliphatic rings. The van der Waals surface area contributed by atoms with Gasteiger partial charge in [-0.15, -0.1) is 10.2 Å². The predicted octanol–water partition coefficient (Wildman–Crippen LogP) is 3.10. The first-order chi connectivity index (χ1) is 14.5. The van der Waals surface area contributed by atoms with Crippen LogP contribution >= 0.6 is 11.8 Å². The second-order valence-electron chi connectivity index (χ2n) is 7.89. The van der Waals surface area contributed by atoms with Crippen molar-refractivity contribution in [1.29, 1.82) is 0 Å². The van der Waals surface area contributed by atoms with Crippen LogP contribution < -0.4 is 10.6 Å². The summed E-state index contributed by atoms with van der Waals surface area (Å²) < 4.78 is 7.68. The molecule has 1 saturated carbocycles. The lowest BCUT2D eigenvalue weighted by Gasteiger charge is -2.19. The molecule has 0 aromatic carbocycles. The first-order valence-electron chi connectivity index (χ1n) is 10.8. The number of rotatable bonds is 10. The minimum Gasteiger partial charge on any atom is -0.466 e. The van der Waals surface area contributed by atoms with E-state index in [1.807, 2.05) is 6.92 Å². The number of hydrogen-bond donors (Lipinski definition) is 3. The smallest absolute Gasteiger partial charge is 0.191 e. The average molecular weight is 435 g/mol. The molecule has 0 spiro atoms. The summed E-state index contributed by atoms with van der Waals surface area (Å²) in [6.07, 6.45) is 10.5. The molecule has 0 radical (unpaired) electrons. The van der Waals surface area contributed by atoms with Crippen molar-refractivity contribution in [2.24, 2.45) is 4.99 Å². The van der Waals surface area contributed by atoms with Gasteiger partial charge in [0.15, 0.2) is 11.1 Å². The van der Waals surface area contributed by atoms with E-state index in [0.29, 0.717) is 17.8 Å². The molecule has 0 amide bonds. The molecule has 1 fully saturated rings. The Kier molecular flexibility index (Phi) is 8.21. The minimum absolute atomic E-state index is 0.211. The van der Waals surface area contributed by atoms with Crippen molar-refractivity contribution in [2.45, 2.75) is 69.2 Å². The van der Waals surface area contributed by atoms with E-state index in [1.165, 1.54) is 25.7 Å². The Labute approximate surface area is 182 Å². The zero-order chi connectivity index (χ0) is 21.4. The molecule has 30 heavy (non-hydrogen) atoms. The lowest BCUT2D eigenvalue weighted by atomic mass is 10.0. The van der Waals surface area contributed by atoms with E-state index in [0.717, 1.165) is 36.9 Å². The summed E-state index contributed by atoms with van der Waals surface area (Å²) in [6.45, 7) is 5.46. The van der Waals surface area contributed by atoms with E-state index in [-0.39, 0.29) is 6.54 Å². The van der Waals surface area contributed by atoms with E-state index < -0.39 is 5.60 Å². The fourth-order valence-electron chi connectivity index (χ4n) is 3.84. The van der Waals surface area contributed by atoms with Crippen molar-refractivity contribution >= 4 is 17.7 Å². The second-order valence-corrected chi connectivity index (χ2v) is 8.66. The van der Waals surface area contributed by atoms with Gasteiger partial charge in [0.1, 0.15) is 17.2 Å². The topological polar surface area (TPSA) is 100 Å². The Morgan fingerprint density at radius 1 is 1.37 bits per heavy atom. The Morgan fingerprint density at radius 2 is 2.17 bits per heavy atom. The predicted molar refractivity (Wildman–Crippen MR) is 120 cm³/mol. The Balaban J connectivity index is 1.53. The summed E-state index contributed by atoms with van der Waals surface area (Å²) in [5.41, 5.74) is -1.14. The van der Waals surface area contributed by atoms with Crippen molar-refractivity contribution in [2.75, 3.05) is 25.9 Å². The van der Waals surface area contributed by atoms with Crippen molar-refractivity contribution in [3.63, 3.8) is 0 Å². The molecule has 0 aliphatic heterocycles. The molecule has 0 saturated heterocycles. The number of aryl methyl sites for hydroxylation is 1. The summed E-state index contributed by atoms with van der Waals surface area (Å²) in [5, 5.41) is 27.0. The van der Waals surface area contributed by atoms with Crippen LogP contribution in [0.15, 0.2) is 33.0 Å². The lowest BCUT2D eigenvalue weighted by molar-refractivity contribution is 0.0437. The van der Waals surface area contributed by atoms with Crippen LogP contribution in [0.4, 0.5) is 0 Å². The molecule has 2 aromatic rings. The van der Waals surface area contributed by atoms with Gasteiger partial charge < -0.3 is 24.7 Å². The van der Waals surface area contributed by atoms with Crippen molar-refractivity contribution in [1.82, 2.24) is 25.4 Å². The molecular weight excluding hydrogens is 400 g/mol. The van der Waals surface area contributed by atoms with Crippen LogP contribution in [0.1, 0.15) is 63.6 Å². The van der Waals surface area contributed by atoms with Gasteiger partial charge in [-0.2, -0.15) is 0 Å². The molecule has 3 rings (SSSR count). The van der Waals surface area contributed by atoms with Gasteiger partial charge in [-0.1, -0.05) is 24.6 Å². The standard InChI is InChI=1S/C21H34N6O2S/c1-4-22-19(24-15-21(2,28)17-11-8-14-29-17)23-13-7-12-18-25-26-20(30-3)27(18)16-9-5-6-10-16/h8,11,14,16,28H,4-7,9-10,12-13,15H2,1-3H3,(H2,22,23,24). The van der Waals surface area contributed by atoms with Crippen LogP contribution in [0.2, 0.25) is 0 Å². The minimum atomic E-state index is -1.14. The first kappa shape index (κ1) is 22.7. The third-order valence-electron chi connectivity index (χ3n) is 5.42. The molecule has 1 aliphatic carbocycles. The van der Waals surface area contributed by atoms with Gasteiger partial charge in [-0.25, -0.2) is 4.99 Å². The molecule has 166 valence electrons. The van der Waals surface area contributed by atoms with Crippen LogP contribution in [0, 0.1) is 0 Å². The number of aliphatic hydroxyl groups is 1. The number of thioether (sulfide) groups is 1. The maximum atomic E-state index is 10.6. The van der Waals surface area contributed by atoms with Gasteiger partial charge in [0.2, 0.25) is 0 Å². The maximum absolute atomic E-state index is 10.6. The highest BCUT2D eigenvalue weighted by Gasteiger charge is 2.26. The maximum Gasteiger partial charge on any atom is 0.191 e. The number of aliphatic imine (C=N–C) groups is 1. The van der Waals surface area contributed by atoms with Crippen molar-refractivity contribution in [3.05, 3.63) is 30.0 Å². The highest BCUT2D eigenvalue weighted by Crippen LogP contribution is 2.33. The first-order valence-corrected chi connectivity index (χ1v) is 12.0. The van der Waals surface area contributed by atoms with Crippen LogP contribution in [-0.2, 0) is 12.0 Å². The lowest BCUT2D eigenvalue weighted by Crippen LogP contribution is -2.39. The van der Waals surface area contributed by atoms with Gasteiger partial charge in [0.25, 0.3) is 0 Å². The third-order valence-corrected chi connectivity index (χ3v) is 6.06. The van der Waals surface area contributed by atoms with Crippen LogP contribution in [-0.4, -0.2) is 51.7 Å². The van der Waals surface area contributed by atoms with E-state index >= 15 is 0 Å². The zero-order valence-electron chi connectivity index (χ0n) is 18.2. The highest BCUT2D eigenvalue weighted by atomic mass is 32.2. The van der Waals surface area contributed by atoms with E-state index in [4.69, 9.17) is 4.42 Å². The molecule has 3 N–H and O–H groups in total. The number of hydrogen-bond acceptors (Lipinski definition) is 6. The van der Waals surface area contributed by atoms with E-state index in [9.17, 15) is 5.11 Å². The van der Waals surface area contributed by atoms with Crippen molar-refractivity contribution < 1.29 is 9.52 Å². The highest BCUT2D eigenvalue weighted by molar-refractivity contribution is 7.98. The monoisotopic (exact) mass is 434 g/mol. The summed E-state index contributed by atoms with van der Waals surface area (Å²) >= 11 is 1.67. The summed E-state index contributed by atoms with van der Waals surface area (Å²) in [4.78, 5) is 4.53. The molecular formula is C21H34N6O2S. The molecule has 0 bridgehead atoms. The van der Waals surface area contributed by atoms with Gasteiger partial charge >= 0.3 is 0 Å². The van der Waals surface area contributed by atoms with Crippen molar-refractivity contribution in [3.8, 4) is 0 Å². The second kappa shape index (κ2) is 10.9. The Morgan fingerprint density at radius 3 is 2.83 bits per heavy atom. The third kappa shape index (κ3) is 5.78. The normalized spacial score (nSPS) is 17.3. The number of nitrogens with one attached hydrogen (secondary N) is 2. The van der Waals surface area contributed by atoms with Crippen LogP contribution in [0.25, 0.3) is 0 Å². The van der Waals surface area contributed by atoms with Gasteiger partial charge in [0.05, 0.1) is 12.8 Å². The average Bonchev–Trinajstić information content (AvgIpc) is 3.49. The van der Waals surface area contributed by atoms with E-state index in [2.05, 4.69) is 36.6 Å². The van der Waals surface area contributed by atoms with Gasteiger partial charge in [0, 0.05) is 25.6 Å². The van der Waals surface area contributed by atoms with Gasteiger partial charge in [-0.3, -0.25) is 0 Å². The summed E-state index contributed by atoms with van der Waals surface area (Å²) in [6, 6.07) is 4.08.